The molecule has 0 radical (unpaired) electrons. The Kier molecular flexibility index (Phi) is 5.51. The van der Waals surface area contributed by atoms with Crippen LogP contribution in [0.25, 0.3) is 61.6 Å². The molecule has 0 unspecified atom stereocenters. The Morgan fingerprint density at radius 3 is 1.13 bits per heavy atom. The second-order valence-corrected chi connectivity index (χ2v) is 12.3. The molecule has 7 rings (SSSR count). The van der Waals surface area contributed by atoms with Crippen molar-refractivity contribution in [3.05, 3.63) is 108 Å². The first kappa shape index (κ1) is 23.4. The van der Waals surface area contributed by atoms with E-state index in [-0.39, 0.29) is 5.56 Å². The van der Waals surface area contributed by atoms with Crippen LogP contribution in [0.3, 0.4) is 0 Å². The Balaban J connectivity index is 1.67. The van der Waals surface area contributed by atoms with E-state index in [4.69, 9.17) is 0 Å². The highest BCUT2D eigenvalue weighted by Gasteiger charge is 2.29. The van der Waals surface area contributed by atoms with Crippen molar-refractivity contribution in [3.8, 4) is 49.5 Å². The maximum Gasteiger partial charge on any atom is 0.101 e. The zero-order valence-corrected chi connectivity index (χ0v) is 22.7. The minimum absolute atomic E-state index is 0.248. The molecule has 0 spiro atoms. The van der Waals surface area contributed by atoms with E-state index in [1.165, 1.54) is 11.3 Å². The van der Waals surface area contributed by atoms with Crippen LogP contribution in [0, 0.1) is 34.0 Å². The monoisotopic (exact) mass is 549 g/mol. The summed E-state index contributed by atoms with van der Waals surface area (Å²) in [4.78, 5) is 2.59. The topological polar surface area (TPSA) is 71.4 Å². The maximum atomic E-state index is 10.7. The molecule has 6 heteroatoms. The van der Waals surface area contributed by atoms with Gasteiger partial charge in [0.05, 0.1) is 16.7 Å². The summed E-state index contributed by atoms with van der Waals surface area (Å²) in [5.41, 5.74) is 2.89. The van der Waals surface area contributed by atoms with Crippen LogP contribution in [0.5, 0.6) is 0 Å². The lowest BCUT2D eigenvalue weighted by atomic mass is 9.85. The quantitative estimate of drug-likeness (QED) is 0.220. The van der Waals surface area contributed by atoms with Gasteiger partial charge in [0.2, 0.25) is 0 Å². The normalized spacial score (nSPS) is 11.0. The molecule has 0 bridgehead atoms. The fourth-order valence-electron chi connectivity index (χ4n) is 5.14. The molecule has 0 amide bonds. The van der Waals surface area contributed by atoms with Crippen LogP contribution in [0.4, 0.5) is 0 Å². The predicted molar refractivity (Wildman–Crippen MR) is 163 cm³/mol. The molecule has 3 heterocycles. The van der Waals surface area contributed by atoms with Gasteiger partial charge in [-0.3, -0.25) is 0 Å². The van der Waals surface area contributed by atoms with Crippen molar-refractivity contribution in [2.75, 3.05) is 0 Å². The molecule has 4 aromatic carbocycles. The van der Waals surface area contributed by atoms with E-state index in [0.29, 0.717) is 27.8 Å². The maximum absolute atomic E-state index is 10.7. The minimum Gasteiger partial charge on any atom is -0.192 e. The average Bonchev–Trinajstić information content (AvgIpc) is 3.71. The molecule has 0 saturated heterocycles. The number of nitriles is 3. The van der Waals surface area contributed by atoms with Gasteiger partial charge in [-0.25, -0.2) is 0 Å². The van der Waals surface area contributed by atoms with Crippen molar-refractivity contribution in [2.24, 2.45) is 0 Å². The third-order valence-electron chi connectivity index (χ3n) is 6.85. The van der Waals surface area contributed by atoms with E-state index in [2.05, 4.69) is 48.5 Å². The van der Waals surface area contributed by atoms with Gasteiger partial charge >= 0.3 is 0 Å². The van der Waals surface area contributed by atoms with E-state index < -0.39 is 0 Å². The molecular formula is C33H15N3S3. The first-order chi connectivity index (χ1) is 19.2. The first-order valence-corrected chi connectivity index (χ1v) is 14.6. The fourth-order valence-corrected chi connectivity index (χ4v) is 8.50. The van der Waals surface area contributed by atoms with E-state index >= 15 is 0 Å². The Labute approximate surface area is 236 Å². The van der Waals surface area contributed by atoms with Crippen LogP contribution in [-0.4, -0.2) is 0 Å². The Bertz CT molecular complexity index is 2130. The lowest BCUT2D eigenvalue weighted by molar-refractivity contribution is 1.41. The van der Waals surface area contributed by atoms with Gasteiger partial charge in [-0.1, -0.05) is 54.6 Å². The molecule has 0 fully saturated rings. The smallest absolute Gasteiger partial charge is 0.101 e. The third kappa shape index (κ3) is 3.65. The van der Waals surface area contributed by atoms with Crippen molar-refractivity contribution in [1.82, 2.24) is 0 Å². The van der Waals surface area contributed by atoms with Crippen molar-refractivity contribution < 1.29 is 0 Å². The summed E-state index contributed by atoms with van der Waals surface area (Å²) in [6, 6.07) is 37.6. The molecule has 180 valence electrons. The van der Waals surface area contributed by atoms with Gasteiger partial charge in [0.25, 0.3) is 0 Å². The molecule has 0 atom stereocenters. The second-order valence-electron chi connectivity index (χ2n) is 9.03. The molecule has 0 aliphatic rings. The van der Waals surface area contributed by atoms with Crippen molar-refractivity contribution in [2.45, 2.75) is 0 Å². The molecule has 0 N–H and O–H groups in total. The number of thiophene rings is 3. The van der Waals surface area contributed by atoms with Gasteiger partial charge in [-0.05, 0) is 52.6 Å². The van der Waals surface area contributed by atoms with Gasteiger partial charge < -0.3 is 0 Å². The number of hydrogen-bond acceptors (Lipinski definition) is 6. The van der Waals surface area contributed by atoms with E-state index in [9.17, 15) is 15.8 Å². The van der Waals surface area contributed by atoms with E-state index in [1.54, 1.807) is 22.7 Å². The van der Waals surface area contributed by atoms with E-state index in [0.717, 1.165) is 44.9 Å². The Hall–Kier alpha value is -4.77. The van der Waals surface area contributed by atoms with E-state index in [1.807, 2.05) is 60.7 Å². The fraction of sp³-hybridized carbons (Fsp3) is 0. The SMILES string of the molecule is N#Cc1c(C#N)c(-c2cc3ccccc3s2)c(-c2cc3ccccc3s2)c(C#N)c1-c1cc2ccccc2s1. The highest BCUT2D eigenvalue weighted by molar-refractivity contribution is 7.23. The van der Waals surface area contributed by atoms with Gasteiger partial charge in [0, 0.05) is 45.4 Å². The standard InChI is InChI=1S/C33H15N3S3/c34-16-22-23(17-35)32(29-14-20-8-2-5-11-26(20)38-29)33(30-15-21-9-3-6-12-27(21)39-30)24(18-36)31(22)28-13-19-7-1-4-10-25(19)37-28/h1-15H. The average molecular weight is 550 g/mol. The van der Waals surface area contributed by atoms with Gasteiger partial charge in [0.15, 0.2) is 0 Å². The van der Waals surface area contributed by atoms with Gasteiger partial charge in [-0.15, -0.1) is 34.0 Å². The first-order valence-electron chi connectivity index (χ1n) is 12.1. The summed E-state index contributed by atoms with van der Waals surface area (Å²) >= 11 is 4.72. The summed E-state index contributed by atoms with van der Waals surface area (Å²) in [5.74, 6) is 0. The van der Waals surface area contributed by atoms with Crippen molar-refractivity contribution in [1.29, 1.82) is 15.8 Å². The molecule has 7 aromatic rings. The molecular weight excluding hydrogens is 535 g/mol. The molecule has 3 nitrogen and oxygen atoms in total. The molecule has 0 aliphatic carbocycles. The summed E-state index contributed by atoms with van der Waals surface area (Å²) in [7, 11) is 0. The molecule has 0 aliphatic heterocycles. The van der Waals surface area contributed by atoms with Crippen molar-refractivity contribution in [3.63, 3.8) is 0 Å². The lowest BCUT2D eigenvalue weighted by Crippen LogP contribution is -2.00. The van der Waals surface area contributed by atoms with Crippen LogP contribution in [0.1, 0.15) is 16.7 Å². The van der Waals surface area contributed by atoms with Gasteiger partial charge in [0.1, 0.15) is 18.2 Å². The van der Waals surface area contributed by atoms with Crippen LogP contribution in [0.2, 0.25) is 0 Å². The van der Waals surface area contributed by atoms with Crippen LogP contribution in [-0.2, 0) is 0 Å². The number of benzene rings is 4. The number of hydrogen-bond donors (Lipinski definition) is 0. The molecule has 0 saturated carbocycles. The third-order valence-corrected chi connectivity index (χ3v) is 10.3. The molecule has 3 aromatic heterocycles. The summed E-state index contributed by atoms with van der Waals surface area (Å²) in [6.45, 7) is 0. The summed E-state index contributed by atoms with van der Waals surface area (Å²) < 4.78 is 3.25. The number of fused-ring (bicyclic) bond motifs is 3. The highest BCUT2D eigenvalue weighted by atomic mass is 32.1. The minimum atomic E-state index is 0.248. The summed E-state index contributed by atoms with van der Waals surface area (Å²) in [6.07, 6.45) is 0. The van der Waals surface area contributed by atoms with Crippen LogP contribution < -0.4 is 0 Å². The zero-order chi connectivity index (χ0) is 26.5. The Morgan fingerprint density at radius 1 is 0.410 bits per heavy atom. The lowest BCUT2D eigenvalue weighted by Gasteiger charge is -2.17. The second kappa shape index (κ2) is 9.21. The number of rotatable bonds is 3. The van der Waals surface area contributed by atoms with Crippen LogP contribution in [0.15, 0.2) is 91.0 Å². The summed E-state index contributed by atoms with van der Waals surface area (Å²) in [5, 5.41) is 35.0. The van der Waals surface area contributed by atoms with Crippen molar-refractivity contribution >= 4 is 64.3 Å². The van der Waals surface area contributed by atoms with Gasteiger partial charge in [-0.2, -0.15) is 15.8 Å². The Morgan fingerprint density at radius 2 is 0.744 bits per heavy atom. The predicted octanol–water partition coefficient (Wildman–Crippen LogP) is 9.95. The molecule has 39 heavy (non-hydrogen) atoms. The van der Waals surface area contributed by atoms with Crippen LogP contribution >= 0.6 is 34.0 Å². The number of nitrogens with zero attached hydrogens (tertiary/aromatic N) is 3. The largest absolute Gasteiger partial charge is 0.192 e. The highest BCUT2D eigenvalue weighted by Crippen LogP contribution is 2.50. The zero-order valence-electron chi connectivity index (χ0n) is 20.2.